The maximum atomic E-state index is 11.7. The summed E-state index contributed by atoms with van der Waals surface area (Å²) in [6.45, 7) is 0. The number of H-pyrrole nitrogens is 1. The van der Waals surface area contributed by atoms with Gasteiger partial charge in [-0.1, -0.05) is 30.3 Å². The van der Waals surface area contributed by atoms with Crippen LogP contribution in [-0.2, 0) is 0 Å². The standard InChI is InChI=1S/C14H8N4O2/c15-7-11-12(8-16)18-14(20)10(17-11)6-13(19)9-4-2-1-3-5-9/h1-6,19H,(H,18,20)/b13-6-. The Morgan fingerprint density at radius 1 is 1.25 bits per heavy atom. The van der Waals surface area contributed by atoms with Crippen molar-refractivity contribution >= 4 is 11.8 Å². The van der Waals surface area contributed by atoms with Gasteiger partial charge in [-0.15, -0.1) is 0 Å². The number of hydrogen-bond donors (Lipinski definition) is 2. The predicted octanol–water partition coefficient (Wildman–Crippen LogP) is 1.57. The van der Waals surface area contributed by atoms with Gasteiger partial charge in [0, 0.05) is 11.6 Å². The predicted molar refractivity (Wildman–Crippen MR) is 71.2 cm³/mol. The largest absolute Gasteiger partial charge is 0.507 e. The second-order valence-corrected chi connectivity index (χ2v) is 3.79. The highest BCUT2D eigenvalue weighted by molar-refractivity contribution is 5.74. The van der Waals surface area contributed by atoms with E-state index < -0.39 is 5.56 Å². The number of hydrogen-bond acceptors (Lipinski definition) is 5. The third-order valence-electron chi connectivity index (χ3n) is 2.50. The molecule has 2 N–H and O–H groups in total. The highest BCUT2D eigenvalue weighted by atomic mass is 16.3. The zero-order valence-electron chi connectivity index (χ0n) is 10.2. The molecule has 0 saturated carbocycles. The van der Waals surface area contributed by atoms with Gasteiger partial charge in [0.15, 0.2) is 11.4 Å². The van der Waals surface area contributed by atoms with Crippen LogP contribution in [0.1, 0.15) is 22.6 Å². The van der Waals surface area contributed by atoms with Crippen LogP contribution in [-0.4, -0.2) is 15.1 Å². The molecule has 2 rings (SSSR count). The first-order valence-corrected chi connectivity index (χ1v) is 5.56. The molecule has 1 heterocycles. The van der Waals surface area contributed by atoms with Crippen molar-refractivity contribution in [2.24, 2.45) is 0 Å². The highest BCUT2D eigenvalue weighted by Crippen LogP contribution is 2.12. The van der Waals surface area contributed by atoms with E-state index in [0.29, 0.717) is 5.56 Å². The van der Waals surface area contributed by atoms with Crippen LogP contribution in [0.3, 0.4) is 0 Å². The Kier molecular flexibility index (Phi) is 3.60. The maximum absolute atomic E-state index is 11.7. The Labute approximate surface area is 113 Å². The van der Waals surface area contributed by atoms with E-state index in [9.17, 15) is 9.90 Å². The van der Waals surface area contributed by atoms with Crippen molar-refractivity contribution in [1.82, 2.24) is 9.97 Å². The summed E-state index contributed by atoms with van der Waals surface area (Å²) in [5, 5.41) is 27.5. The lowest BCUT2D eigenvalue weighted by molar-refractivity contribution is 0.515. The van der Waals surface area contributed by atoms with E-state index in [2.05, 4.69) is 9.97 Å². The van der Waals surface area contributed by atoms with Crippen LogP contribution in [0.25, 0.3) is 11.8 Å². The fourth-order valence-corrected chi connectivity index (χ4v) is 1.55. The number of nitrogens with one attached hydrogen (secondary N) is 1. The lowest BCUT2D eigenvalue weighted by Gasteiger charge is -2.00. The Morgan fingerprint density at radius 2 is 1.95 bits per heavy atom. The Hall–Kier alpha value is -3.38. The minimum atomic E-state index is -0.650. The number of aliphatic hydroxyl groups is 1. The number of aliphatic hydroxyl groups excluding tert-OH is 1. The zero-order valence-corrected chi connectivity index (χ0v) is 10.2. The first-order valence-electron chi connectivity index (χ1n) is 5.56. The van der Waals surface area contributed by atoms with Gasteiger partial charge in [-0.3, -0.25) is 4.79 Å². The summed E-state index contributed by atoms with van der Waals surface area (Å²) in [6.07, 6.45) is 1.15. The topological polar surface area (TPSA) is 114 Å². The first kappa shape index (κ1) is 13.1. The number of rotatable bonds is 2. The van der Waals surface area contributed by atoms with Gasteiger partial charge in [0.25, 0.3) is 5.56 Å². The molecule has 6 heteroatoms. The van der Waals surface area contributed by atoms with E-state index in [-0.39, 0.29) is 22.8 Å². The number of aromatic nitrogens is 2. The van der Waals surface area contributed by atoms with Gasteiger partial charge in [0.2, 0.25) is 0 Å². The van der Waals surface area contributed by atoms with Gasteiger partial charge < -0.3 is 10.1 Å². The van der Waals surface area contributed by atoms with Crippen molar-refractivity contribution in [3.63, 3.8) is 0 Å². The molecule has 0 saturated heterocycles. The molecule has 6 nitrogen and oxygen atoms in total. The van der Waals surface area contributed by atoms with Gasteiger partial charge in [-0.2, -0.15) is 10.5 Å². The second-order valence-electron chi connectivity index (χ2n) is 3.79. The van der Waals surface area contributed by atoms with Crippen LogP contribution in [0.4, 0.5) is 0 Å². The normalized spacial score (nSPS) is 10.6. The average Bonchev–Trinajstić information content (AvgIpc) is 2.49. The van der Waals surface area contributed by atoms with Crippen LogP contribution >= 0.6 is 0 Å². The van der Waals surface area contributed by atoms with Crippen molar-refractivity contribution < 1.29 is 5.11 Å². The minimum Gasteiger partial charge on any atom is -0.507 e. The number of aromatic amines is 1. The average molecular weight is 264 g/mol. The van der Waals surface area contributed by atoms with Gasteiger partial charge in [-0.05, 0) is 0 Å². The molecule has 0 spiro atoms. The molecule has 2 aromatic rings. The van der Waals surface area contributed by atoms with E-state index in [1.165, 1.54) is 0 Å². The van der Waals surface area contributed by atoms with Crippen molar-refractivity contribution in [2.45, 2.75) is 0 Å². The van der Waals surface area contributed by atoms with Crippen LogP contribution in [0.2, 0.25) is 0 Å². The molecule has 0 aliphatic heterocycles. The van der Waals surface area contributed by atoms with Crippen molar-refractivity contribution in [3.8, 4) is 12.1 Å². The number of nitrogens with zero attached hydrogens (tertiary/aromatic N) is 3. The zero-order chi connectivity index (χ0) is 14.5. The molecular formula is C14H8N4O2. The molecule has 0 fully saturated rings. The fraction of sp³-hybridized carbons (Fsp3) is 0. The summed E-state index contributed by atoms with van der Waals surface area (Å²) in [4.78, 5) is 17.7. The molecule has 1 aromatic carbocycles. The van der Waals surface area contributed by atoms with E-state index in [1.54, 1.807) is 42.5 Å². The summed E-state index contributed by atoms with van der Waals surface area (Å²) in [6, 6.07) is 12.0. The van der Waals surface area contributed by atoms with Gasteiger partial charge >= 0.3 is 0 Å². The summed E-state index contributed by atoms with van der Waals surface area (Å²) < 4.78 is 0. The summed E-state index contributed by atoms with van der Waals surface area (Å²) in [5.41, 5.74) is -0.672. The van der Waals surface area contributed by atoms with Crippen LogP contribution in [0.15, 0.2) is 35.1 Å². The fourth-order valence-electron chi connectivity index (χ4n) is 1.55. The lowest BCUT2D eigenvalue weighted by atomic mass is 10.1. The van der Waals surface area contributed by atoms with E-state index in [1.807, 2.05) is 0 Å². The maximum Gasteiger partial charge on any atom is 0.275 e. The van der Waals surface area contributed by atoms with E-state index >= 15 is 0 Å². The highest BCUT2D eigenvalue weighted by Gasteiger charge is 2.09. The van der Waals surface area contributed by atoms with Crippen LogP contribution in [0.5, 0.6) is 0 Å². The molecule has 0 aliphatic rings. The van der Waals surface area contributed by atoms with Crippen molar-refractivity contribution in [2.75, 3.05) is 0 Å². The van der Waals surface area contributed by atoms with Crippen molar-refractivity contribution in [3.05, 3.63) is 63.3 Å². The monoisotopic (exact) mass is 264 g/mol. The smallest absolute Gasteiger partial charge is 0.275 e. The molecule has 0 unspecified atom stereocenters. The van der Waals surface area contributed by atoms with Gasteiger partial charge in [-0.25, -0.2) is 4.98 Å². The molecule has 1 aromatic heterocycles. The molecule has 20 heavy (non-hydrogen) atoms. The Morgan fingerprint density at radius 3 is 2.55 bits per heavy atom. The third kappa shape index (κ3) is 2.55. The SMILES string of the molecule is N#Cc1nc(/C=C(\O)c2ccccc2)c(=O)[nH]c1C#N. The van der Waals surface area contributed by atoms with E-state index in [0.717, 1.165) is 6.08 Å². The second kappa shape index (κ2) is 5.51. The van der Waals surface area contributed by atoms with Gasteiger partial charge in [0.05, 0.1) is 0 Å². The van der Waals surface area contributed by atoms with Crippen molar-refractivity contribution in [1.29, 1.82) is 10.5 Å². The van der Waals surface area contributed by atoms with Gasteiger partial charge in [0.1, 0.15) is 23.6 Å². The van der Waals surface area contributed by atoms with Crippen LogP contribution < -0.4 is 5.56 Å². The lowest BCUT2D eigenvalue weighted by Crippen LogP contribution is -2.15. The Bertz CT molecular complexity index is 808. The molecule has 0 aliphatic carbocycles. The quantitative estimate of drug-likeness (QED) is 0.799. The summed E-state index contributed by atoms with van der Waals surface area (Å²) in [7, 11) is 0. The first-order chi connectivity index (χ1) is 9.65. The number of benzene rings is 1. The third-order valence-corrected chi connectivity index (χ3v) is 2.50. The molecule has 0 radical (unpaired) electrons. The van der Waals surface area contributed by atoms with E-state index in [4.69, 9.17) is 10.5 Å². The number of nitriles is 2. The van der Waals surface area contributed by atoms with Crippen LogP contribution in [0, 0.1) is 22.7 Å². The molecule has 96 valence electrons. The summed E-state index contributed by atoms with van der Waals surface area (Å²) >= 11 is 0. The molecule has 0 amide bonds. The molecule has 0 atom stereocenters. The minimum absolute atomic E-state index is 0.137. The molecule has 0 bridgehead atoms. The molecular weight excluding hydrogens is 256 g/mol. The Balaban J connectivity index is 2.53. The summed E-state index contributed by atoms with van der Waals surface area (Å²) in [5.74, 6) is -0.155.